The largest absolute Gasteiger partial charge is 0.249 e. The highest BCUT2D eigenvalue weighted by atomic mass is 79.9. The molecule has 0 spiro atoms. The van der Waals surface area contributed by atoms with Crippen molar-refractivity contribution in [1.29, 1.82) is 0 Å². The smallest absolute Gasteiger partial charge is 0.0905 e. The van der Waals surface area contributed by atoms with Gasteiger partial charge in [-0.25, -0.2) is 4.98 Å². The molecule has 0 fully saturated rings. The molecule has 1 rings (SSSR count). The molecule has 0 bridgehead atoms. The van der Waals surface area contributed by atoms with Gasteiger partial charge in [0.25, 0.3) is 0 Å². The highest BCUT2D eigenvalue weighted by Gasteiger charge is 1.88. The van der Waals surface area contributed by atoms with E-state index in [1.54, 1.807) is 17.5 Å². The molecule has 0 aromatic carbocycles. The normalized spacial score (nSPS) is 8.00. The van der Waals surface area contributed by atoms with Crippen molar-refractivity contribution in [3.8, 4) is 0 Å². The minimum atomic E-state index is 1.10. The van der Waals surface area contributed by atoms with Gasteiger partial charge in [-0.2, -0.15) is 0 Å². The van der Waals surface area contributed by atoms with Crippen molar-refractivity contribution in [2.24, 2.45) is 0 Å². The molecule has 1 nitrogen and oxygen atoms in total. The Kier molecular flexibility index (Phi) is 5.00. The van der Waals surface area contributed by atoms with Gasteiger partial charge in [0.1, 0.15) is 0 Å². The number of halogens is 1. The van der Waals surface area contributed by atoms with Crippen molar-refractivity contribution in [1.82, 2.24) is 4.98 Å². The Hall–Kier alpha value is 0.110. The van der Waals surface area contributed by atoms with Crippen molar-refractivity contribution >= 4 is 27.3 Å². The molecule has 1 aromatic rings. The van der Waals surface area contributed by atoms with Crippen molar-refractivity contribution in [3.63, 3.8) is 0 Å². The lowest BCUT2D eigenvalue weighted by molar-refractivity contribution is 1.29. The van der Waals surface area contributed by atoms with Gasteiger partial charge in [0.15, 0.2) is 0 Å². The summed E-state index contributed by atoms with van der Waals surface area (Å²) in [5.74, 6) is 0. The quantitative estimate of drug-likeness (QED) is 0.637. The fraction of sp³-hybridized carbons (Fsp3) is 0.500. The van der Waals surface area contributed by atoms with E-state index >= 15 is 0 Å². The number of hydrogen-bond acceptors (Lipinski definition) is 2. The fourth-order valence-corrected chi connectivity index (χ4v) is 1.63. The van der Waals surface area contributed by atoms with Gasteiger partial charge < -0.3 is 0 Å². The minimum absolute atomic E-state index is 1.10. The molecule has 0 aliphatic rings. The Balaban J connectivity index is 0.000000291. The zero-order valence-electron chi connectivity index (χ0n) is 5.81. The van der Waals surface area contributed by atoms with E-state index in [2.05, 4.69) is 20.9 Å². The van der Waals surface area contributed by atoms with Crippen LogP contribution in [0.2, 0.25) is 0 Å². The van der Waals surface area contributed by atoms with Gasteiger partial charge >= 0.3 is 0 Å². The first kappa shape index (κ1) is 9.11. The molecule has 52 valence electrons. The summed E-state index contributed by atoms with van der Waals surface area (Å²) in [6, 6.07) is 0. The summed E-state index contributed by atoms with van der Waals surface area (Å²) in [6.07, 6.45) is 1.81. The summed E-state index contributed by atoms with van der Waals surface area (Å²) >= 11 is 4.94. The second kappa shape index (κ2) is 4.94. The van der Waals surface area contributed by atoms with Crippen LogP contribution in [0.5, 0.6) is 0 Å². The van der Waals surface area contributed by atoms with Gasteiger partial charge in [-0.3, -0.25) is 0 Å². The third-order valence-corrected chi connectivity index (χ3v) is 1.98. The molecule has 0 amide bonds. The summed E-state index contributed by atoms with van der Waals surface area (Å²) in [5, 5.41) is 1.10. The topological polar surface area (TPSA) is 12.9 Å². The van der Waals surface area contributed by atoms with Crippen LogP contribution in [-0.2, 0) is 0 Å². The fourth-order valence-electron chi connectivity index (χ4n) is 0.335. The Bertz CT molecular complexity index is 145. The van der Waals surface area contributed by atoms with E-state index in [1.165, 1.54) is 0 Å². The van der Waals surface area contributed by atoms with E-state index in [-0.39, 0.29) is 0 Å². The molecule has 0 aliphatic heterocycles. The Morgan fingerprint density at radius 3 is 2.22 bits per heavy atom. The molecule has 0 N–H and O–H groups in total. The van der Waals surface area contributed by atoms with Crippen LogP contribution in [0.3, 0.4) is 0 Å². The maximum atomic E-state index is 3.99. The number of rotatable bonds is 0. The molecule has 0 saturated heterocycles. The average molecular weight is 208 g/mol. The zero-order chi connectivity index (χ0) is 7.28. The van der Waals surface area contributed by atoms with Crippen molar-refractivity contribution in [2.45, 2.75) is 20.8 Å². The average Bonchev–Trinajstić information content (AvgIpc) is 2.20. The van der Waals surface area contributed by atoms with Crippen LogP contribution in [0.1, 0.15) is 18.9 Å². The predicted molar refractivity (Wildman–Crippen MR) is 45.9 cm³/mol. The predicted octanol–water partition coefficient (Wildman–Crippen LogP) is 3.24. The molecular formula is C6H10BrNS. The van der Waals surface area contributed by atoms with Crippen LogP contribution in [0, 0.1) is 6.92 Å². The van der Waals surface area contributed by atoms with Crippen LogP contribution in [-0.4, -0.2) is 4.98 Å². The van der Waals surface area contributed by atoms with Crippen molar-refractivity contribution in [3.05, 3.63) is 15.0 Å². The van der Waals surface area contributed by atoms with Crippen molar-refractivity contribution < 1.29 is 0 Å². The first-order valence-electron chi connectivity index (χ1n) is 2.87. The Morgan fingerprint density at radius 1 is 1.56 bits per heavy atom. The van der Waals surface area contributed by atoms with E-state index < -0.39 is 0 Å². The van der Waals surface area contributed by atoms with Crippen LogP contribution in [0.4, 0.5) is 0 Å². The zero-order valence-corrected chi connectivity index (χ0v) is 8.21. The number of thiazole rings is 1. The Morgan fingerprint density at radius 2 is 2.11 bits per heavy atom. The first-order chi connectivity index (χ1) is 4.29. The van der Waals surface area contributed by atoms with Gasteiger partial charge in [-0.15, -0.1) is 11.3 Å². The third kappa shape index (κ3) is 3.65. The summed E-state index contributed by atoms with van der Waals surface area (Å²) in [5.41, 5.74) is 0. The molecule has 0 radical (unpaired) electrons. The number of nitrogens with zero attached hydrogens (tertiary/aromatic N) is 1. The van der Waals surface area contributed by atoms with Crippen LogP contribution in [0.25, 0.3) is 0 Å². The molecular weight excluding hydrogens is 198 g/mol. The van der Waals surface area contributed by atoms with Gasteiger partial charge in [-0.05, 0) is 22.9 Å². The van der Waals surface area contributed by atoms with E-state index in [1.807, 2.05) is 20.8 Å². The molecule has 1 aromatic heterocycles. The summed E-state index contributed by atoms with van der Waals surface area (Å²) in [7, 11) is 0. The first-order valence-corrected chi connectivity index (χ1v) is 4.48. The van der Waals surface area contributed by atoms with E-state index in [9.17, 15) is 0 Å². The lowest BCUT2D eigenvalue weighted by Gasteiger charge is -1.67. The summed E-state index contributed by atoms with van der Waals surface area (Å²) in [6.45, 7) is 5.98. The SMILES string of the molecule is CC.Cc1ncc(Br)s1. The molecule has 0 aliphatic carbocycles. The maximum Gasteiger partial charge on any atom is 0.0905 e. The van der Waals surface area contributed by atoms with E-state index in [0.29, 0.717) is 0 Å². The lowest BCUT2D eigenvalue weighted by atomic mass is 10.8. The monoisotopic (exact) mass is 207 g/mol. The molecule has 0 unspecified atom stereocenters. The highest BCUT2D eigenvalue weighted by molar-refractivity contribution is 9.11. The second-order valence-corrected chi connectivity index (χ2v) is 3.80. The van der Waals surface area contributed by atoms with E-state index in [0.717, 1.165) is 8.79 Å². The standard InChI is InChI=1S/C4H4BrNS.C2H6/c1-3-6-2-4(5)7-3;1-2/h2H,1H3;1-2H3. The van der Waals surface area contributed by atoms with Gasteiger partial charge in [0.2, 0.25) is 0 Å². The van der Waals surface area contributed by atoms with E-state index in [4.69, 9.17) is 0 Å². The second-order valence-electron chi connectivity index (χ2n) is 1.18. The van der Waals surface area contributed by atoms with Gasteiger partial charge in [-0.1, -0.05) is 13.8 Å². The van der Waals surface area contributed by atoms with Crippen LogP contribution in [0.15, 0.2) is 9.98 Å². The highest BCUT2D eigenvalue weighted by Crippen LogP contribution is 2.17. The number of hydrogen-bond donors (Lipinski definition) is 0. The molecule has 3 heteroatoms. The number of aromatic nitrogens is 1. The molecule has 1 heterocycles. The minimum Gasteiger partial charge on any atom is -0.249 e. The van der Waals surface area contributed by atoms with Crippen LogP contribution >= 0.6 is 27.3 Å². The molecule has 0 saturated carbocycles. The molecule has 9 heavy (non-hydrogen) atoms. The summed E-state index contributed by atoms with van der Waals surface area (Å²) < 4.78 is 1.10. The lowest BCUT2D eigenvalue weighted by Crippen LogP contribution is -1.56. The van der Waals surface area contributed by atoms with Gasteiger partial charge in [0, 0.05) is 0 Å². The van der Waals surface area contributed by atoms with Gasteiger partial charge in [0.05, 0.1) is 15.0 Å². The number of aryl methyl sites for hydroxylation is 1. The van der Waals surface area contributed by atoms with Crippen LogP contribution < -0.4 is 0 Å². The third-order valence-electron chi connectivity index (χ3n) is 0.593. The maximum absolute atomic E-state index is 3.99. The van der Waals surface area contributed by atoms with Crippen molar-refractivity contribution in [2.75, 3.05) is 0 Å². The summed E-state index contributed by atoms with van der Waals surface area (Å²) in [4.78, 5) is 3.99. The Labute approximate surface area is 68.3 Å². The molecule has 0 atom stereocenters.